The zero-order chi connectivity index (χ0) is 40.8. The van der Waals surface area contributed by atoms with Crippen molar-refractivity contribution in [1.82, 2.24) is 35.1 Å². The third kappa shape index (κ3) is 12.7. The smallest absolute Gasteiger partial charge is 0.386 e. The number of hydrogen-bond donors (Lipinski definition) is 10. The molecule has 1 fully saturated rings. The number of anilines is 1. The van der Waals surface area contributed by atoms with Gasteiger partial charge in [0.25, 0.3) is 0 Å². The number of hydrogen-bond acceptors (Lipinski definition) is 18. The number of thioether (sulfide) groups is 1. The van der Waals surface area contributed by atoms with E-state index in [1.54, 1.807) is 18.5 Å². The Balaban J connectivity index is 1.24. The zero-order valence-corrected chi connectivity index (χ0v) is 32.3. The maximum atomic E-state index is 12.7. The van der Waals surface area contributed by atoms with Gasteiger partial charge in [0, 0.05) is 48.6 Å². The molecule has 0 spiro atoms. The van der Waals surface area contributed by atoms with Crippen molar-refractivity contribution in [2.45, 2.75) is 50.9 Å². The number of carbonyl (C=O) groups excluding carboxylic acids is 3. The lowest BCUT2D eigenvalue weighted by Crippen LogP contribution is -2.46. The molecule has 0 bridgehead atoms. The van der Waals surface area contributed by atoms with E-state index in [1.807, 2.05) is 0 Å². The molecule has 0 saturated carbocycles. The van der Waals surface area contributed by atoms with Crippen molar-refractivity contribution in [3.63, 3.8) is 0 Å². The number of aliphatic hydroxyl groups is 2. The van der Waals surface area contributed by atoms with Crippen LogP contribution < -0.4 is 16.4 Å². The number of nitrogen functional groups attached to an aromatic ring is 1. The van der Waals surface area contributed by atoms with Crippen LogP contribution in [0.5, 0.6) is 0 Å². The van der Waals surface area contributed by atoms with E-state index in [-0.39, 0.29) is 41.6 Å². The highest BCUT2D eigenvalue weighted by Gasteiger charge is 2.50. The van der Waals surface area contributed by atoms with Gasteiger partial charge in [-0.25, -0.2) is 28.6 Å². The van der Waals surface area contributed by atoms with Crippen LogP contribution in [0.2, 0.25) is 0 Å². The fourth-order valence-electron chi connectivity index (χ4n) is 4.81. The van der Waals surface area contributed by atoms with Crippen LogP contribution in [0.3, 0.4) is 0 Å². The molecular weight excluding hydrogens is 821 g/mol. The van der Waals surface area contributed by atoms with Crippen LogP contribution in [0.1, 0.15) is 36.9 Å². The predicted molar refractivity (Wildman–Crippen MR) is 187 cm³/mol. The molecule has 4 rings (SSSR count). The van der Waals surface area contributed by atoms with Crippen molar-refractivity contribution in [1.29, 1.82) is 0 Å². The number of carbonyl (C=O) groups is 3. The highest BCUT2D eigenvalue weighted by atomic mass is 32.2. The molecule has 306 valence electrons. The van der Waals surface area contributed by atoms with Gasteiger partial charge in [-0.3, -0.25) is 32.5 Å². The molecule has 1 saturated heterocycles. The van der Waals surface area contributed by atoms with Gasteiger partial charge in [0.05, 0.1) is 19.5 Å². The molecule has 25 nitrogen and oxygen atoms in total. The van der Waals surface area contributed by atoms with Gasteiger partial charge in [-0.1, -0.05) is 25.6 Å². The summed E-state index contributed by atoms with van der Waals surface area (Å²) in [6.45, 7) is 0.441. The van der Waals surface area contributed by atoms with Crippen LogP contribution in [0.4, 0.5) is 5.82 Å². The van der Waals surface area contributed by atoms with Crippen molar-refractivity contribution in [3.8, 4) is 0 Å². The molecule has 4 heterocycles. The van der Waals surface area contributed by atoms with Crippen LogP contribution in [-0.4, -0.2) is 128 Å². The Morgan fingerprint density at radius 2 is 1.80 bits per heavy atom. The number of nitrogens with two attached hydrogens (primary N) is 1. The third-order valence-corrected chi connectivity index (χ3v) is 11.6. The fourth-order valence-corrected chi connectivity index (χ4v) is 8.32. The summed E-state index contributed by atoms with van der Waals surface area (Å²) in [4.78, 5) is 90.2. The Kier molecular flexibility index (Phi) is 14.9. The Labute approximate surface area is 315 Å². The number of ether oxygens (including phenoxy) is 1. The van der Waals surface area contributed by atoms with Gasteiger partial charge in [0.2, 0.25) is 16.9 Å². The summed E-state index contributed by atoms with van der Waals surface area (Å²) in [5, 5.41) is 26.1. The molecule has 29 heteroatoms. The summed E-state index contributed by atoms with van der Waals surface area (Å²) in [5.74, 6) is -1.17. The Hall–Kier alpha value is -3.16. The first-order valence-corrected chi connectivity index (χ1v) is 21.3. The molecule has 2 amide bonds. The van der Waals surface area contributed by atoms with E-state index >= 15 is 0 Å². The van der Waals surface area contributed by atoms with Crippen LogP contribution in [0.15, 0.2) is 31.1 Å². The summed E-state index contributed by atoms with van der Waals surface area (Å²) in [6.07, 6.45) is -3.79. The third-order valence-electron chi connectivity index (χ3n) is 7.57. The first kappa shape index (κ1) is 44.6. The topological polar surface area (TPSA) is 379 Å². The minimum Gasteiger partial charge on any atom is -0.386 e. The average Bonchev–Trinajstić information content (AvgIpc) is 3.84. The molecule has 11 N–H and O–H groups in total. The Morgan fingerprint density at radius 1 is 1.09 bits per heavy atom. The van der Waals surface area contributed by atoms with E-state index in [4.69, 9.17) is 19.5 Å². The number of aromatic nitrogens is 5. The summed E-state index contributed by atoms with van der Waals surface area (Å²) in [6, 6.07) is 1.61. The first-order chi connectivity index (χ1) is 25.6. The number of imidazole rings is 1. The zero-order valence-electron chi connectivity index (χ0n) is 28.8. The number of rotatable bonds is 20. The second-order valence-corrected chi connectivity index (χ2v) is 17.6. The van der Waals surface area contributed by atoms with Crippen LogP contribution in [0, 0.1) is 5.41 Å². The van der Waals surface area contributed by atoms with Gasteiger partial charge in [-0.2, -0.15) is 4.31 Å². The summed E-state index contributed by atoms with van der Waals surface area (Å²) in [5.41, 5.74) is 4.74. The van der Waals surface area contributed by atoms with E-state index in [0.29, 0.717) is 11.3 Å². The van der Waals surface area contributed by atoms with E-state index < -0.39 is 84.6 Å². The van der Waals surface area contributed by atoms with Gasteiger partial charge in [0.15, 0.2) is 17.7 Å². The van der Waals surface area contributed by atoms with Crippen molar-refractivity contribution in [3.05, 3.63) is 36.7 Å². The number of amides is 2. The lowest BCUT2D eigenvalue weighted by molar-refractivity contribution is -0.137. The Morgan fingerprint density at radius 3 is 2.47 bits per heavy atom. The minimum absolute atomic E-state index is 0.0289. The second kappa shape index (κ2) is 18.4. The van der Waals surface area contributed by atoms with Crippen LogP contribution in [0.25, 0.3) is 11.2 Å². The van der Waals surface area contributed by atoms with E-state index in [1.165, 1.54) is 13.8 Å². The van der Waals surface area contributed by atoms with Gasteiger partial charge in [0.1, 0.15) is 36.3 Å². The average molecular weight is 861 g/mol. The molecule has 0 aliphatic carbocycles. The molecule has 55 heavy (non-hydrogen) atoms. The van der Waals surface area contributed by atoms with Crippen molar-refractivity contribution >= 4 is 69.1 Å². The van der Waals surface area contributed by atoms with E-state index in [9.17, 15) is 57.9 Å². The van der Waals surface area contributed by atoms with Gasteiger partial charge in [-0.05, 0) is 6.07 Å². The number of phosphoric acid groups is 3. The minimum atomic E-state index is -5.57. The van der Waals surface area contributed by atoms with Crippen LogP contribution in [-0.2, 0) is 45.9 Å². The number of H-pyrrole nitrogens is 1. The largest absolute Gasteiger partial charge is 0.481 e. The van der Waals surface area contributed by atoms with Crippen molar-refractivity contribution in [2.75, 3.05) is 37.8 Å². The van der Waals surface area contributed by atoms with E-state index in [2.05, 4.69) is 39.4 Å². The highest BCUT2D eigenvalue weighted by Crippen LogP contribution is 2.61. The summed E-state index contributed by atoms with van der Waals surface area (Å²) >= 11 is 1.01. The molecule has 1 aliphatic heterocycles. The molecule has 2 unspecified atom stereocenters. The maximum absolute atomic E-state index is 12.7. The second-order valence-electron chi connectivity index (χ2n) is 12.3. The number of fused-ring (bicyclic) bond motifs is 1. The molecule has 0 radical (unpaired) electrons. The molecule has 7 atom stereocenters. The lowest BCUT2D eigenvalue weighted by atomic mass is 9.87. The first-order valence-electron chi connectivity index (χ1n) is 15.8. The standard InChI is InChI=1S/C26H39N8O17P3S/c1-26(2,20(37)23(38)30-6-4-16(35)29-7-8-55-25(39)14-3-5-28-9-14)11-48-54(45,46)51-53(43,44)47-10-15-19(50-52(40,41)42)18(36)24(49-15)34-13-33-17-21(27)31-12-32-22(17)34/h3,5,9,12-13,15,18-20,24,28,36-37H,4,6-8,10-11H2,1-2H3,(H,29,35)(H,30,38)(H,43,44)(H,45,46)(H2,27,31,32)(H2,40,41,42)/t15-,18-,19-,20+,24-/m1/s1. The molecule has 0 aromatic carbocycles. The van der Waals surface area contributed by atoms with Crippen molar-refractivity contribution in [2.24, 2.45) is 5.41 Å². The van der Waals surface area contributed by atoms with Crippen LogP contribution >= 0.6 is 35.2 Å². The van der Waals surface area contributed by atoms with E-state index in [0.717, 1.165) is 29.0 Å². The lowest BCUT2D eigenvalue weighted by Gasteiger charge is -2.30. The normalized spacial score (nSPS) is 21.8. The number of nitrogens with one attached hydrogen (secondary N) is 3. The number of aromatic amines is 1. The SMILES string of the molecule is CC(C)(COP(=O)(O)OP(=O)(O)OC[C@H]1O[C@@H](n2cnc3c(N)ncnc32)[C@H](O)[C@@H]1OP(=O)(O)O)[C@@H](O)C(=O)NCCC(=O)NCCSC(=O)c1cc[nH]c1. The molecular formula is C26H39N8O17P3S. The predicted octanol–water partition coefficient (Wildman–Crippen LogP) is -0.693. The highest BCUT2D eigenvalue weighted by molar-refractivity contribution is 8.14. The fraction of sp³-hybridized carbons (Fsp3) is 0.538. The molecule has 3 aromatic heterocycles. The van der Waals surface area contributed by atoms with Gasteiger partial charge in [-0.15, -0.1) is 0 Å². The maximum Gasteiger partial charge on any atom is 0.481 e. The quantitative estimate of drug-likeness (QED) is 0.0496. The molecule has 3 aromatic rings. The Bertz CT molecular complexity index is 1960. The van der Waals surface area contributed by atoms with Crippen molar-refractivity contribution < 1.29 is 80.5 Å². The number of aliphatic hydroxyl groups excluding tert-OH is 2. The summed E-state index contributed by atoms with van der Waals surface area (Å²) < 4.78 is 62.0. The number of phosphoric ester groups is 3. The number of nitrogens with zero attached hydrogens (tertiary/aromatic N) is 4. The molecule has 1 aliphatic rings. The monoisotopic (exact) mass is 860 g/mol. The van der Waals surface area contributed by atoms with Gasteiger partial charge < -0.3 is 55.9 Å². The summed E-state index contributed by atoms with van der Waals surface area (Å²) in [7, 11) is -16.4. The van der Waals surface area contributed by atoms with Gasteiger partial charge >= 0.3 is 23.5 Å².